The molecule has 0 bridgehead atoms. The number of nitrogens with zero attached hydrogens (tertiary/aromatic N) is 1. The van der Waals surface area contributed by atoms with E-state index in [2.05, 4.69) is 11.4 Å². The lowest BCUT2D eigenvalue weighted by atomic mass is 10.1. The summed E-state index contributed by atoms with van der Waals surface area (Å²) in [5.41, 5.74) is 2.20. The van der Waals surface area contributed by atoms with E-state index in [0.29, 0.717) is 27.9 Å². The first-order valence-electron chi connectivity index (χ1n) is 7.05. The van der Waals surface area contributed by atoms with Crippen LogP contribution >= 0.6 is 11.3 Å². The Kier molecular flexibility index (Phi) is 4.09. The Hall–Kier alpha value is -2.71. The lowest BCUT2D eigenvalue weighted by molar-refractivity contribution is 0.103. The summed E-state index contributed by atoms with van der Waals surface area (Å²) in [6.07, 6.45) is 0.336. The van der Waals surface area contributed by atoms with E-state index in [4.69, 9.17) is 5.26 Å². The van der Waals surface area contributed by atoms with Gasteiger partial charge in [0.2, 0.25) is 0 Å². The van der Waals surface area contributed by atoms with Gasteiger partial charge in [0.1, 0.15) is 5.82 Å². The van der Waals surface area contributed by atoms with Crippen molar-refractivity contribution in [2.45, 2.75) is 13.3 Å². The monoisotopic (exact) mass is 324 g/mol. The van der Waals surface area contributed by atoms with Crippen LogP contribution in [0.2, 0.25) is 0 Å². The highest BCUT2D eigenvalue weighted by molar-refractivity contribution is 7.21. The Morgan fingerprint density at radius 3 is 2.65 bits per heavy atom. The number of benzene rings is 2. The molecule has 114 valence electrons. The van der Waals surface area contributed by atoms with Gasteiger partial charge in [-0.1, -0.05) is 18.2 Å². The average molecular weight is 324 g/mol. The number of nitrogens with one attached hydrogen (secondary N) is 1. The first kappa shape index (κ1) is 15.2. The van der Waals surface area contributed by atoms with E-state index in [9.17, 15) is 9.18 Å². The molecule has 1 aromatic heterocycles. The molecular formula is C18H13FN2OS. The summed E-state index contributed by atoms with van der Waals surface area (Å²) in [5.74, 6) is -0.563. The number of rotatable bonds is 3. The minimum atomic E-state index is -0.309. The number of fused-ring (bicyclic) bond motifs is 1. The molecule has 3 aromatic rings. The minimum absolute atomic E-state index is 0.254. The summed E-state index contributed by atoms with van der Waals surface area (Å²) in [6, 6.07) is 14.0. The lowest BCUT2D eigenvalue weighted by Crippen LogP contribution is -2.11. The number of carbonyl (C=O) groups is 1. The summed E-state index contributed by atoms with van der Waals surface area (Å²) in [4.78, 5) is 13.0. The van der Waals surface area contributed by atoms with Crippen molar-refractivity contribution in [2.75, 3.05) is 5.32 Å². The van der Waals surface area contributed by atoms with Gasteiger partial charge in [0.25, 0.3) is 5.91 Å². The van der Waals surface area contributed by atoms with Gasteiger partial charge in [-0.3, -0.25) is 4.79 Å². The fourth-order valence-electron chi connectivity index (χ4n) is 2.46. The van der Waals surface area contributed by atoms with Crippen LogP contribution in [0.5, 0.6) is 0 Å². The number of anilines is 1. The zero-order chi connectivity index (χ0) is 16.4. The third-order valence-corrected chi connectivity index (χ3v) is 4.86. The number of hydrogen-bond acceptors (Lipinski definition) is 3. The second-order valence-electron chi connectivity index (χ2n) is 5.16. The van der Waals surface area contributed by atoms with Crippen molar-refractivity contribution in [1.82, 2.24) is 0 Å². The third kappa shape index (κ3) is 2.94. The van der Waals surface area contributed by atoms with Crippen molar-refractivity contribution in [2.24, 2.45) is 0 Å². The average Bonchev–Trinajstić information content (AvgIpc) is 2.88. The van der Waals surface area contributed by atoms with Crippen molar-refractivity contribution in [1.29, 1.82) is 5.26 Å². The first-order valence-corrected chi connectivity index (χ1v) is 7.86. The Labute approximate surface area is 137 Å². The van der Waals surface area contributed by atoms with E-state index in [-0.39, 0.29) is 11.7 Å². The van der Waals surface area contributed by atoms with Crippen molar-refractivity contribution in [3.63, 3.8) is 0 Å². The number of hydrogen-bond donors (Lipinski definition) is 1. The normalized spacial score (nSPS) is 10.5. The van der Waals surface area contributed by atoms with Gasteiger partial charge in [0.15, 0.2) is 0 Å². The molecule has 1 amide bonds. The van der Waals surface area contributed by atoms with Crippen LogP contribution in [0.1, 0.15) is 20.8 Å². The molecule has 0 aliphatic carbocycles. The molecule has 2 aromatic carbocycles. The molecule has 0 spiro atoms. The van der Waals surface area contributed by atoms with Crippen molar-refractivity contribution < 1.29 is 9.18 Å². The van der Waals surface area contributed by atoms with Gasteiger partial charge in [-0.15, -0.1) is 11.3 Å². The molecule has 0 atom stereocenters. The topological polar surface area (TPSA) is 52.9 Å². The van der Waals surface area contributed by atoms with Gasteiger partial charge in [-0.05, 0) is 42.3 Å². The summed E-state index contributed by atoms with van der Waals surface area (Å²) >= 11 is 1.28. The number of amides is 1. The molecule has 0 fully saturated rings. The predicted octanol–water partition coefficient (Wildman–Crippen LogP) is 4.67. The third-order valence-electron chi connectivity index (χ3n) is 3.60. The summed E-state index contributed by atoms with van der Waals surface area (Å²) in [5, 5.41) is 12.0. The largest absolute Gasteiger partial charge is 0.321 e. The van der Waals surface area contributed by atoms with E-state index in [0.717, 1.165) is 10.3 Å². The van der Waals surface area contributed by atoms with E-state index in [1.54, 1.807) is 37.3 Å². The highest BCUT2D eigenvalue weighted by Crippen LogP contribution is 2.33. The fraction of sp³-hybridized carbons (Fsp3) is 0.111. The molecule has 23 heavy (non-hydrogen) atoms. The molecule has 0 aliphatic heterocycles. The van der Waals surface area contributed by atoms with Gasteiger partial charge in [-0.2, -0.15) is 5.26 Å². The number of halogens is 1. The van der Waals surface area contributed by atoms with E-state index in [1.807, 2.05) is 6.07 Å². The maximum atomic E-state index is 13.9. The van der Waals surface area contributed by atoms with Crippen LogP contribution in [0.4, 0.5) is 10.1 Å². The van der Waals surface area contributed by atoms with Crippen molar-refractivity contribution in [3.05, 3.63) is 64.3 Å². The molecule has 0 unspecified atom stereocenters. The van der Waals surface area contributed by atoms with E-state index >= 15 is 0 Å². The SMILES string of the molecule is Cc1c(C(=O)Nc2ccc(CC#N)cc2)sc2cccc(F)c12. The lowest BCUT2D eigenvalue weighted by Gasteiger charge is -2.05. The maximum Gasteiger partial charge on any atom is 0.266 e. The van der Waals surface area contributed by atoms with Crippen molar-refractivity contribution >= 4 is 33.0 Å². The van der Waals surface area contributed by atoms with Crippen LogP contribution in [-0.4, -0.2) is 5.91 Å². The molecule has 5 heteroatoms. The highest BCUT2D eigenvalue weighted by atomic mass is 32.1. The number of aryl methyl sites for hydroxylation is 1. The van der Waals surface area contributed by atoms with Gasteiger partial charge in [-0.25, -0.2) is 4.39 Å². The maximum absolute atomic E-state index is 13.9. The van der Waals surface area contributed by atoms with E-state index < -0.39 is 0 Å². The predicted molar refractivity (Wildman–Crippen MR) is 90.2 cm³/mol. The van der Waals surface area contributed by atoms with Gasteiger partial charge in [0.05, 0.1) is 17.4 Å². The Morgan fingerprint density at radius 1 is 1.26 bits per heavy atom. The number of carbonyl (C=O) groups excluding carboxylic acids is 1. The van der Waals surface area contributed by atoms with E-state index in [1.165, 1.54) is 17.4 Å². The Balaban J connectivity index is 1.88. The zero-order valence-electron chi connectivity index (χ0n) is 12.4. The Bertz CT molecular complexity index is 923. The summed E-state index contributed by atoms with van der Waals surface area (Å²) in [6.45, 7) is 1.76. The van der Waals surface area contributed by atoms with Crippen LogP contribution in [0.3, 0.4) is 0 Å². The smallest absolute Gasteiger partial charge is 0.266 e. The van der Waals surface area contributed by atoms with Gasteiger partial charge < -0.3 is 5.32 Å². The zero-order valence-corrected chi connectivity index (χ0v) is 13.2. The van der Waals surface area contributed by atoms with Crippen LogP contribution in [0, 0.1) is 24.1 Å². The van der Waals surface area contributed by atoms with Crippen LogP contribution in [-0.2, 0) is 6.42 Å². The van der Waals surface area contributed by atoms with Gasteiger partial charge >= 0.3 is 0 Å². The molecule has 0 saturated carbocycles. The fourth-order valence-corrected chi connectivity index (χ4v) is 3.57. The molecule has 3 rings (SSSR count). The number of nitriles is 1. The van der Waals surface area contributed by atoms with Gasteiger partial charge in [0, 0.05) is 15.8 Å². The molecule has 3 nitrogen and oxygen atoms in total. The first-order chi connectivity index (χ1) is 11.1. The Morgan fingerprint density at radius 2 is 2.00 bits per heavy atom. The second-order valence-corrected chi connectivity index (χ2v) is 6.21. The van der Waals surface area contributed by atoms with Crippen LogP contribution in [0.25, 0.3) is 10.1 Å². The standard InChI is InChI=1S/C18H13FN2OS/c1-11-16-14(19)3-2-4-15(16)23-17(11)18(22)21-13-7-5-12(6-8-13)9-10-20/h2-8H,9H2,1H3,(H,21,22). The minimum Gasteiger partial charge on any atom is -0.321 e. The molecule has 1 N–H and O–H groups in total. The molecule has 0 saturated heterocycles. The van der Waals surface area contributed by atoms with Crippen LogP contribution in [0.15, 0.2) is 42.5 Å². The summed E-state index contributed by atoms with van der Waals surface area (Å²) < 4.78 is 14.7. The molecule has 1 heterocycles. The molecule has 0 radical (unpaired) electrons. The number of thiophene rings is 1. The molecule has 0 aliphatic rings. The summed E-state index contributed by atoms with van der Waals surface area (Å²) in [7, 11) is 0. The van der Waals surface area contributed by atoms with Crippen LogP contribution < -0.4 is 5.32 Å². The molecular weight excluding hydrogens is 311 g/mol. The van der Waals surface area contributed by atoms with Crippen molar-refractivity contribution in [3.8, 4) is 6.07 Å². The quantitative estimate of drug-likeness (QED) is 0.761. The highest BCUT2D eigenvalue weighted by Gasteiger charge is 2.17. The second kappa shape index (κ2) is 6.19.